The predicted octanol–water partition coefficient (Wildman–Crippen LogP) is 5.48. The third kappa shape index (κ3) is 6.19. The van der Waals surface area contributed by atoms with Crippen LogP contribution in [0.2, 0.25) is 5.02 Å². The molecule has 0 saturated carbocycles. The average molecular weight is 576 g/mol. The van der Waals surface area contributed by atoms with Crippen LogP contribution in [-0.2, 0) is 11.0 Å². The SMILES string of the molecule is O=C(O)C[C@H]1CCCN(C[C@@H](O)c2ccc(-c3noc(-c4ncn(-c5ccc(Cl)cc5)c4C(F)(F)F)n3)cc2)C1. The van der Waals surface area contributed by atoms with E-state index in [4.69, 9.17) is 21.2 Å². The molecule has 0 amide bonds. The number of imidazole rings is 1. The molecule has 0 radical (unpaired) electrons. The normalized spacial score (nSPS) is 17.2. The number of β-amino-alcohol motifs (C(OH)–C–C–N with tert-alkyl or cyclic N) is 1. The molecule has 1 aliphatic heterocycles. The Kier molecular flexibility index (Phi) is 7.92. The van der Waals surface area contributed by atoms with Gasteiger partial charge in [-0.15, -0.1) is 0 Å². The molecule has 40 heavy (non-hydrogen) atoms. The first kappa shape index (κ1) is 27.8. The van der Waals surface area contributed by atoms with Crippen LogP contribution in [0, 0.1) is 5.92 Å². The Bertz CT molecular complexity index is 1470. The van der Waals surface area contributed by atoms with Gasteiger partial charge in [0.05, 0.1) is 6.10 Å². The van der Waals surface area contributed by atoms with Crippen LogP contribution < -0.4 is 0 Å². The number of carboxylic acid groups (broad SMARTS) is 1. The number of hydrogen-bond acceptors (Lipinski definition) is 7. The molecule has 210 valence electrons. The number of aliphatic hydroxyl groups excluding tert-OH is 1. The van der Waals surface area contributed by atoms with Crippen molar-refractivity contribution < 1.29 is 32.7 Å². The Morgan fingerprint density at radius 3 is 2.55 bits per heavy atom. The molecule has 13 heteroatoms. The van der Waals surface area contributed by atoms with Gasteiger partial charge in [0, 0.05) is 35.8 Å². The van der Waals surface area contributed by atoms with Crippen LogP contribution in [0.15, 0.2) is 59.4 Å². The van der Waals surface area contributed by atoms with Crippen LogP contribution in [0.4, 0.5) is 13.2 Å². The molecule has 2 aromatic carbocycles. The number of rotatable bonds is 8. The van der Waals surface area contributed by atoms with Crippen LogP contribution >= 0.6 is 11.6 Å². The number of aliphatic hydroxyl groups is 1. The highest BCUT2D eigenvalue weighted by atomic mass is 35.5. The van der Waals surface area contributed by atoms with Gasteiger partial charge in [-0.25, -0.2) is 4.98 Å². The van der Waals surface area contributed by atoms with E-state index in [-0.39, 0.29) is 29.7 Å². The molecule has 5 rings (SSSR count). The summed E-state index contributed by atoms with van der Waals surface area (Å²) in [6, 6.07) is 12.5. The second-order valence-electron chi connectivity index (χ2n) is 9.71. The third-order valence-electron chi connectivity index (χ3n) is 6.82. The summed E-state index contributed by atoms with van der Waals surface area (Å²) in [6.45, 7) is 1.75. The van der Waals surface area contributed by atoms with E-state index in [1.54, 1.807) is 24.3 Å². The quantitative estimate of drug-likeness (QED) is 0.284. The highest BCUT2D eigenvalue weighted by Gasteiger charge is 2.40. The number of carbonyl (C=O) groups is 1. The summed E-state index contributed by atoms with van der Waals surface area (Å²) >= 11 is 5.87. The molecule has 2 aromatic heterocycles. The van der Waals surface area contributed by atoms with Crippen molar-refractivity contribution in [3.8, 4) is 28.7 Å². The van der Waals surface area contributed by atoms with Crippen molar-refractivity contribution in [1.82, 2.24) is 24.6 Å². The molecule has 2 N–H and O–H groups in total. The van der Waals surface area contributed by atoms with E-state index in [9.17, 15) is 23.1 Å². The van der Waals surface area contributed by atoms with E-state index < -0.39 is 29.6 Å². The fourth-order valence-electron chi connectivity index (χ4n) is 4.95. The lowest BCUT2D eigenvalue weighted by Crippen LogP contribution is -2.38. The maximum atomic E-state index is 14.1. The summed E-state index contributed by atoms with van der Waals surface area (Å²) in [5.74, 6) is -1.08. The lowest BCUT2D eigenvalue weighted by atomic mass is 9.94. The minimum atomic E-state index is -4.76. The summed E-state index contributed by atoms with van der Waals surface area (Å²) in [5, 5.41) is 24.0. The highest BCUT2D eigenvalue weighted by molar-refractivity contribution is 6.30. The Balaban J connectivity index is 1.32. The van der Waals surface area contributed by atoms with Crippen LogP contribution in [0.3, 0.4) is 0 Å². The second-order valence-corrected chi connectivity index (χ2v) is 10.1. The van der Waals surface area contributed by atoms with Crippen LogP contribution in [-0.4, -0.2) is 60.4 Å². The van der Waals surface area contributed by atoms with Crippen molar-refractivity contribution in [3.63, 3.8) is 0 Å². The number of hydrogen-bond donors (Lipinski definition) is 2. The average Bonchev–Trinajstić information content (AvgIpc) is 3.57. The summed E-state index contributed by atoms with van der Waals surface area (Å²) in [6.07, 6.45) is -2.69. The number of aliphatic carboxylic acids is 1. The second kappa shape index (κ2) is 11.4. The molecule has 1 fully saturated rings. The highest BCUT2D eigenvalue weighted by Crippen LogP contribution is 2.38. The van der Waals surface area contributed by atoms with Gasteiger partial charge in [-0.05, 0) is 55.1 Å². The largest absolute Gasteiger partial charge is 0.481 e. The maximum Gasteiger partial charge on any atom is 0.434 e. The van der Waals surface area contributed by atoms with Crippen LogP contribution in [0.1, 0.15) is 36.6 Å². The molecule has 1 aliphatic rings. The van der Waals surface area contributed by atoms with Gasteiger partial charge in [-0.1, -0.05) is 41.0 Å². The number of likely N-dealkylation sites (tertiary alicyclic amines) is 1. The minimum Gasteiger partial charge on any atom is -0.481 e. The topological polar surface area (TPSA) is 118 Å². The zero-order valence-electron chi connectivity index (χ0n) is 21.1. The Hall–Kier alpha value is -3.74. The molecule has 0 unspecified atom stereocenters. The first-order chi connectivity index (χ1) is 19.1. The van der Waals surface area contributed by atoms with Crippen molar-refractivity contribution in [2.75, 3.05) is 19.6 Å². The van der Waals surface area contributed by atoms with Gasteiger partial charge >= 0.3 is 12.1 Å². The monoisotopic (exact) mass is 575 g/mol. The maximum absolute atomic E-state index is 14.1. The molecule has 9 nitrogen and oxygen atoms in total. The summed E-state index contributed by atoms with van der Waals surface area (Å²) in [5.41, 5.74) is -0.237. The number of aromatic nitrogens is 4. The number of benzene rings is 2. The number of halogens is 4. The molecule has 1 saturated heterocycles. The van der Waals surface area contributed by atoms with Gasteiger partial charge in [0.15, 0.2) is 11.4 Å². The fourth-order valence-corrected chi connectivity index (χ4v) is 5.07. The first-order valence-electron chi connectivity index (χ1n) is 12.6. The Labute approximate surface area is 231 Å². The van der Waals surface area contributed by atoms with E-state index in [1.807, 2.05) is 0 Å². The first-order valence-corrected chi connectivity index (χ1v) is 12.9. The molecule has 0 aliphatic carbocycles. The number of nitrogens with zero attached hydrogens (tertiary/aromatic N) is 5. The molecule has 0 bridgehead atoms. The summed E-state index contributed by atoms with van der Waals surface area (Å²) < 4.78 is 48.2. The zero-order chi connectivity index (χ0) is 28.4. The standard InChI is InChI=1S/C27H25ClF3N5O4/c28-19-7-9-20(10-8-19)36-15-32-23(24(36)27(29,30)31)26-33-25(34-40-26)18-5-3-17(4-6-18)21(37)14-35-11-1-2-16(13-35)12-22(38)39/h3-10,15-16,21,37H,1-2,11-14H2,(H,38,39)/t16-,21-/m1/s1. The van der Waals surface area contributed by atoms with E-state index >= 15 is 0 Å². The molecule has 3 heterocycles. The van der Waals surface area contributed by atoms with Gasteiger partial charge in [0.1, 0.15) is 6.33 Å². The van der Waals surface area contributed by atoms with Gasteiger partial charge in [0.2, 0.25) is 5.82 Å². The number of alkyl halides is 3. The molecule has 2 atom stereocenters. The van der Waals surface area contributed by atoms with Crippen LogP contribution in [0.25, 0.3) is 28.7 Å². The Morgan fingerprint density at radius 2 is 1.88 bits per heavy atom. The van der Waals surface area contributed by atoms with Gasteiger partial charge in [-0.2, -0.15) is 18.2 Å². The van der Waals surface area contributed by atoms with Gasteiger partial charge < -0.3 is 19.6 Å². The van der Waals surface area contributed by atoms with Crippen molar-refractivity contribution in [1.29, 1.82) is 0 Å². The van der Waals surface area contributed by atoms with E-state index in [0.29, 0.717) is 29.2 Å². The predicted molar refractivity (Wildman–Crippen MR) is 139 cm³/mol. The molecular weight excluding hydrogens is 551 g/mol. The van der Waals surface area contributed by atoms with Crippen molar-refractivity contribution in [2.45, 2.75) is 31.5 Å². The minimum absolute atomic E-state index is 0.0590. The number of piperidine rings is 1. The molecule has 4 aromatic rings. The summed E-state index contributed by atoms with van der Waals surface area (Å²) in [4.78, 5) is 21.2. The lowest BCUT2D eigenvalue weighted by Gasteiger charge is -2.33. The van der Waals surface area contributed by atoms with Crippen molar-refractivity contribution in [3.05, 3.63) is 71.1 Å². The smallest absolute Gasteiger partial charge is 0.434 e. The molecular formula is C27H25ClF3N5O4. The van der Waals surface area contributed by atoms with E-state index in [1.165, 1.54) is 24.3 Å². The lowest BCUT2D eigenvalue weighted by molar-refractivity contribution is -0.142. The van der Waals surface area contributed by atoms with Crippen LogP contribution in [0.5, 0.6) is 0 Å². The fraction of sp³-hybridized carbons (Fsp3) is 0.333. The van der Waals surface area contributed by atoms with Crippen molar-refractivity contribution in [2.24, 2.45) is 5.92 Å². The van der Waals surface area contributed by atoms with Gasteiger partial charge in [0.25, 0.3) is 5.89 Å². The van der Waals surface area contributed by atoms with E-state index in [0.717, 1.165) is 30.3 Å². The summed E-state index contributed by atoms with van der Waals surface area (Å²) in [7, 11) is 0. The van der Waals surface area contributed by atoms with Crippen molar-refractivity contribution >= 4 is 17.6 Å². The molecule has 0 spiro atoms. The zero-order valence-corrected chi connectivity index (χ0v) is 21.8. The van der Waals surface area contributed by atoms with Gasteiger partial charge in [-0.3, -0.25) is 9.36 Å². The Morgan fingerprint density at radius 1 is 1.15 bits per heavy atom. The van der Waals surface area contributed by atoms with E-state index in [2.05, 4.69) is 20.0 Å². The number of carboxylic acids is 1. The third-order valence-corrected chi connectivity index (χ3v) is 7.07.